The molecule has 0 aliphatic carbocycles. The molecule has 1 atom stereocenters. The lowest BCUT2D eigenvalue weighted by Crippen LogP contribution is -2.18. The summed E-state index contributed by atoms with van der Waals surface area (Å²) in [5.41, 5.74) is 1.85. The normalized spacial score (nSPS) is 20.5. The number of rotatable bonds is 3. The Morgan fingerprint density at radius 1 is 1.53 bits per heavy atom. The van der Waals surface area contributed by atoms with Crippen molar-refractivity contribution in [2.75, 3.05) is 18.5 Å². The molecule has 1 aliphatic rings. The van der Waals surface area contributed by atoms with Crippen LogP contribution in [-0.4, -0.2) is 24.4 Å². The number of benzene rings is 1. The SMILES string of the molecule is Cc1ccc(NCC2CCCO2)cc1O. The maximum absolute atomic E-state index is 9.52. The second-order valence-corrected chi connectivity index (χ2v) is 4.02. The molecule has 1 unspecified atom stereocenters. The van der Waals surface area contributed by atoms with E-state index in [1.807, 2.05) is 19.1 Å². The molecule has 1 aromatic carbocycles. The zero-order chi connectivity index (χ0) is 10.7. The third kappa shape index (κ3) is 2.63. The van der Waals surface area contributed by atoms with Crippen molar-refractivity contribution in [1.29, 1.82) is 0 Å². The average molecular weight is 207 g/mol. The zero-order valence-electron chi connectivity index (χ0n) is 8.99. The van der Waals surface area contributed by atoms with Crippen LogP contribution in [0.5, 0.6) is 5.75 Å². The zero-order valence-corrected chi connectivity index (χ0v) is 8.99. The number of aryl methyl sites for hydroxylation is 1. The van der Waals surface area contributed by atoms with Gasteiger partial charge in [0, 0.05) is 24.9 Å². The predicted octanol–water partition coefficient (Wildman–Crippen LogP) is 2.29. The number of nitrogens with one attached hydrogen (secondary N) is 1. The van der Waals surface area contributed by atoms with Gasteiger partial charge in [0.05, 0.1) is 6.10 Å². The van der Waals surface area contributed by atoms with Gasteiger partial charge in [-0.25, -0.2) is 0 Å². The van der Waals surface area contributed by atoms with Crippen LogP contribution in [0.25, 0.3) is 0 Å². The summed E-state index contributed by atoms with van der Waals surface area (Å²) in [4.78, 5) is 0. The molecule has 1 heterocycles. The molecular weight excluding hydrogens is 190 g/mol. The quantitative estimate of drug-likeness (QED) is 0.799. The van der Waals surface area contributed by atoms with Crippen molar-refractivity contribution in [2.45, 2.75) is 25.9 Å². The molecule has 0 saturated carbocycles. The molecule has 0 spiro atoms. The van der Waals surface area contributed by atoms with Crippen LogP contribution < -0.4 is 5.32 Å². The van der Waals surface area contributed by atoms with Gasteiger partial charge in [-0.15, -0.1) is 0 Å². The van der Waals surface area contributed by atoms with E-state index >= 15 is 0 Å². The van der Waals surface area contributed by atoms with E-state index in [1.165, 1.54) is 0 Å². The third-order valence-electron chi connectivity index (χ3n) is 2.77. The first kappa shape index (κ1) is 10.3. The third-order valence-corrected chi connectivity index (χ3v) is 2.77. The van der Waals surface area contributed by atoms with E-state index in [0.29, 0.717) is 11.9 Å². The van der Waals surface area contributed by atoms with Crippen molar-refractivity contribution < 1.29 is 9.84 Å². The molecule has 1 aromatic rings. The van der Waals surface area contributed by atoms with Gasteiger partial charge in [0.1, 0.15) is 5.75 Å². The molecule has 3 nitrogen and oxygen atoms in total. The molecule has 1 aliphatic heterocycles. The largest absolute Gasteiger partial charge is 0.508 e. The predicted molar refractivity (Wildman–Crippen MR) is 60.3 cm³/mol. The average Bonchev–Trinajstić information content (AvgIpc) is 2.73. The topological polar surface area (TPSA) is 41.5 Å². The lowest BCUT2D eigenvalue weighted by atomic mass is 10.2. The van der Waals surface area contributed by atoms with E-state index in [4.69, 9.17) is 4.74 Å². The van der Waals surface area contributed by atoms with E-state index in [0.717, 1.165) is 37.2 Å². The summed E-state index contributed by atoms with van der Waals surface area (Å²) in [6.07, 6.45) is 2.62. The standard InChI is InChI=1S/C12H17NO2/c1-9-4-5-10(7-12(9)14)13-8-11-3-2-6-15-11/h4-5,7,11,13-14H,2-3,6,8H2,1H3. The number of ether oxygens (including phenoxy) is 1. The smallest absolute Gasteiger partial charge is 0.120 e. The lowest BCUT2D eigenvalue weighted by Gasteiger charge is -2.12. The van der Waals surface area contributed by atoms with Crippen LogP contribution in [0.3, 0.4) is 0 Å². The minimum absolute atomic E-state index is 0.327. The minimum Gasteiger partial charge on any atom is -0.508 e. The Hall–Kier alpha value is -1.22. The molecular formula is C12H17NO2. The summed E-state index contributed by atoms with van der Waals surface area (Å²) < 4.78 is 5.50. The Bertz CT molecular complexity index is 332. The highest BCUT2D eigenvalue weighted by molar-refractivity contribution is 5.50. The van der Waals surface area contributed by atoms with Crippen LogP contribution in [0.4, 0.5) is 5.69 Å². The van der Waals surface area contributed by atoms with Crippen LogP contribution in [0.1, 0.15) is 18.4 Å². The van der Waals surface area contributed by atoms with Crippen LogP contribution in [0.2, 0.25) is 0 Å². The summed E-state index contributed by atoms with van der Waals surface area (Å²) in [7, 11) is 0. The van der Waals surface area contributed by atoms with E-state index < -0.39 is 0 Å². The summed E-state index contributed by atoms with van der Waals surface area (Å²) >= 11 is 0. The summed E-state index contributed by atoms with van der Waals surface area (Å²) in [6, 6.07) is 5.64. The fourth-order valence-corrected chi connectivity index (χ4v) is 1.76. The van der Waals surface area contributed by atoms with Gasteiger partial charge in [-0.3, -0.25) is 0 Å². The van der Waals surface area contributed by atoms with Gasteiger partial charge >= 0.3 is 0 Å². The van der Waals surface area contributed by atoms with Crippen LogP contribution in [-0.2, 0) is 4.74 Å². The van der Waals surface area contributed by atoms with Crippen LogP contribution in [0, 0.1) is 6.92 Å². The number of aromatic hydroxyl groups is 1. The molecule has 1 fully saturated rings. The highest BCUT2D eigenvalue weighted by Gasteiger charge is 2.14. The Morgan fingerprint density at radius 2 is 2.40 bits per heavy atom. The van der Waals surface area contributed by atoms with Gasteiger partial charge in [-0.1, -0.05) is 6.07 Å². The second kappa shape index (κ2) is 4.53. The monoisotopic (exact) mass is 207 g/mol. The van der Waals surface area contributed by atoms with Crippen LogP contribution in [0.15, 0.2) is 18.2 Å². The molecule has 0 radical (unpaired) electrons. The Labute approximate surface area is 90.1 Å². The highest BCUT2D eigenvalue weighted by Crippen LogP contribution is 2.21. The molecule has 0 amide bonds. The molecule has 2 rings (SSSR count). The van der Waals surface area contributed by atoms with E-state index in [9.17, 15) is 5.11 Å². The molecule has 82 valence electrons. The fourth-order valence-electron chi connectivity index (χ4n) is 1.76. The Kier molecular flexibility index (Phi) is 3.11. The molecule has 0 aromatic heterocycles. The summed E-state index contributed by atoms with van der Waals surface area (Å²) in [5.74, 6) is 0.340. The first-order chi connectivity index (χ1) is 7.25. The van der Waals surface area contributed by atoms with Gasteiger partial charge in [0.2, 0.25) is 0 Å². The van der Waals surface area contributed by atoms with Crippen molar-refractivity contribution in [3.05, 3.63) is 23.8 Å². The van der Waals surface area contributed by atoms with E-state index in [2.05, 4.69) is 5.32 Å². The number of hydrogen-bond donors (Lipinski definition) is 2. The minimum atomic E-state index is 0.327. The Morgan fingerprint density at radius 3 is 3.07 bits per heavy atom. The van der Waals surface area contributed by atoms with Gasteiger partial charge < -0.3 is 15.2 Å². The molecule has 2 N–H and O–H groups in total. The number of hydrogen-bond acceptors (Lipinski definition) is 3. The molecule has 3 heteroatoms. The van der Waals surface area contributed by atoms with Crippen molar-refractivity contribution in [1.82, 2.24) is 0 Å². The van der Waals surface area contributed by atoms with Crippen LogP contribution >= 0.6 is 0 Å². The number of anilines is 1. The van der Waals surface area contributed by atoms with Gasteiger partial charge in [0.15, 0.2) is 0 Å². The van der Waals surface area contributed by atoms with Crippen molar-refractivity contribution in [2.24, 2.45) is 0 Å². The van der Waals surface area contributed by atoms with E-state index in [-0.39, 0.29) is 0 Å². The lowest BCUT2D eigenvalue weighted by molar-refractivity contribution is 0.120. The second-order valence-electron chi connectivity index (χ2n) is 4.02. The Balaban J connectivity index is 1.90. The van der Waals surface area contributed by atoms with Crippen molar-refractivity contribution in [3.8, 4) is 5.75 Å². The molecule has 0 bridgehead atoms. The van der Waals surface area contributed by atoms with Crippen molar-refractivity contribution in [3.63, 3.8) is 0 Å². The fraction of sp³-hybridized carbons (Fsp3) is 0.500. The first-order valence-corrected chi connectivity index (χ1v) is 5.41. The maximum Gasteiger partial charge on any atom is 0.120 e. The highest BCUT2D eigenvalue weighted by atomic mass is 16.5. The number of phenolic OH excluding ortho intramolecular Hbond substituents is 1. The van der Waals surface area contributed by atoms with Crippen molar-refractivity contribution >= 4 is 5.69 Å². The van der Waals surface area contributed by atoms with Gasteiger partial charge in [0.25, 0.3) is 0 Å². The first-order valence-electron chi connectivity index (χ1n) is 5.41. The molecule has 15 heavy (non-hydrogen) atoms. The molecule has 1 saturated heterocycles. The van der Waals surface area contributed by atoms with E-state index in [1.54, 1.807) is 6.07 Å². The van der Waals surface area contributed by atoms with Gasteiger partial charge in [-0.2, -0.15) is 0 Å². The maximum atomic E-state index is 9.52. The summed E-state index contributed by atoms with van der Waals surface area (Å²) in [5, 5.41) is 12.8. The van der Waals surface area contributed by atoms with Gasteiger partial charge in [-0.05, 0) is 31.4 Å². The number of phenols is 1. The summed E-state index contributed by atoms with van der Waals surface area (Å²) in [6.45, 7) is 3.59.